The number of nitro groups is 2. The van der Waals surface area contributed by atoms with Crippen LogP contribution < -0.4 is 0 Å². The molecule has 1 aliphatic heterocycles. The number of ether oxygens (including phenoxy) is 1. The van der Waals surface area contributed by atoms with E-state index in [4.69, 9.17) is 9.15 Å². The summed E-state index contributed by atoms with van der Waals surface area (Å²) >= 11 is 0. The standard InChI is InChI=1S/C14H12N4O6/c19-17(20)11-3-1-10(2-4-11)14-16(7-8-23-14)15-9-12-5-6-13(24-12)18(21)22/h1-6,9,14H,7-8H2/b15-9+. The molecule has 0 bridgehead atoms. The van der Waals surface area contributed by atoms with Crippen LogP contribution in [0.3, 0.4) is 0 Å². The van der Waals surface area contributed by atoms with Crippen molar-refractivity contribution in [3.63, 3.8) is 0 Å². The van der Waals surface area contributed by atoms with Gasteiger partial charge in [-0.3, -0.25) is 25.2 Å². The molecule has 1 aromatic carbocycles. The first-order valence-electron chi connectivity index (χ1n) is 6.95. The highest BCUT2D eigenvalue weighted by Gasteiger charge is 2.26. The van der Waals surface area contributed by atoms with Gasteiger partial charge in [0.2, 0.25) is 0 Å². The molecule has 1 atom stereocenters. The summed E-state index contributed by atoms with van der Waals surface area (Å²) < 4.78 is 10.6. The van der Waals surface area contributed by atoms with Crippen molar-refractivity contribution >= 4 is 17.8 Å². The molecular formula is C14H12N4O6. The Morgan fingerprint density at radius 2 is 1.88 bits per heavy atom. The van der Waals surface area contributed by atoms with E-state index in [9.17, 15) is 20.2 Å². The molecule has 1 aromatic heterocycles. The Bertz CT molecular complexity index is 785. The molecule has 10 nitrogen and oxygen atoms in total. The Hall–Kier alpha value is -3.27. The Morgan fingerprint density at radius 3 is 2.50 bits per heavy atom. The molecule has 0 spiro atoms. The second kappa shape index (κ2) is 6.46. The SMILES string of the molecule is O=[N+]([O-])c1ccc(C2OCCN2/N=C/c2ccc([N+](=O)[O-])o2)cc1. The van der Waals surface area contributed by atoms with Crippen LogP contribution in [0.5, 0.6) is 0 Å². The third-order valence-electron chi connectivity index (χ3n) is 3.38. The molecule has 3 rings (SSSR count). The first-order valence-corrected chi connectivity index (χ1v) is 6.95. The zero-order valence-electron chi connectivity index (χ0n) is 12.3. The van der Waals surface area contributed by atoms with Gasteiger partial charge in [0.05, 0.1) is 30.4 Å². The molecule has 124 valence electrons. The fourth-order valence-electron chi connectivity index (χ4n) is 2.25. The molecule has 2 aromatic rings. The van der Waals surface area contributed by atoms with Crippen LogP contribution in [0.4, 0.5) is 11.6 Å². The van der Waals surface area contributed by atoms with Crippen LogP contribution in [0.25, 0.3) is 0 Å². The van der Waals surface area contributed by atoms with E-state index in [-0.39, 0.29) is 17.3 Å². The fraction of sp³-hybridized carbons (Fsp3) is 0.214. The second-order valence-electron chi connectivity index (χ2n) is 4.91. The van der Waals surface area contributed by atoms with Crippen molar-refractivity contribution in [1.29, 1.82) is 0 Å². The van der Waals surface area contributed by atoms with Crippen molar-refractivity contribution in [2.24, 2.45) is 5.10 Å². The van der Waals surface area contributed by atoms with Crippen molar-refractivity contribution in [3.05, 3.63) is 68.0 Å². The molecule has 0 amide bonds. The van der Waals surface area contributed by atoms with Gasteiger partial charge in [-0.2, -0.15) is 5.10 Å². The van der Waals surface area contributed by atoms with Gasteiger partial charge in [0.15, 0.2) is 12.0 Å². The molecule has 0 aliphatic carbocycles. The average molecular weight is 332 g/mol. The first-order chi connectivity index (χ1) is 11.5. The first kappa shape index (κ1) is 15.6. The van der Waals surface area contributed by atoms with E-state index in [0.717, 1.165) is 5.56 Å². The van der Waals surface area contributed by atoms with Gasteiger partial charge in [-0.15, -0.1) is 0 Å². The van der Waals surface area contributed by atoms with Gasteiger partial charge in [-0.05, 0) is 18.2 Å². The summed E-state index contributed by atoms with van der Waals surface area (Å²) in [6.45, 7) is 0.957. The lowest BCUT2D eigenvalue weighted by atomic mass is 10.2. The number of nitro benzene ring substituents is 1. The van der Waals surface area contributed by atoms with E-state index in [1.54, 1.807) is 17.1 Å². The number of nitrogens with zero attached hydrogens (tertiary/aromatic N) is 4. The van der Waals surface area contributed by atoms with E-state index in [1.165, 1.54) is 30.5 Å². The number of rotatable bonds is 5. The van der Waals surface area contributed by atoms with E-state index >= 15 is 0 Å². The Kier molecular flexibility index (Phi) is 4.20. The van der Waals surface area contributed by atoms with Crippen LogP contribution in [0.2, 0.25) is 0 Å². The van der Waals surface area contributed by atoms with E-state index < -0.39 is 16.1 Å². The van der Waals surface area contributed by atoms with Crippen LogP contribution in [-0.4, -0.2) is 34.2 Å². The molecule has 0 radical (unpaired) electrons. The van der Waals surface area contributed by atoms with Crippen molar-refractivity contribution in [1.82, 2.24) is 5.01 Å². The van der Waals surface area contributed by atoms with Crippen molar-refractivity contribution in [2.45, 2.75) is 6.23 Å². The zero-order valence-corrected chi connectivity index (χ0v) is 12.3. The van der Waals surface area contributed by atoms with Gasteiger partial charge in [0, 0.05) is 17.7 Å². The summed E-state index contributed by atoms with van der Waals surface area (Å²) in [7, 11) is 0. The monoisotopic (exact) mass is 332 g/mol. The van der Waals surface area contributed by atoms with E-state index in [1.807, 2.05) is 0 Å². The summed E-state index contributed by atoms with van der Waals surface area (Å²) in [5.74, 6) is -0.114. The maximum Gasteiger partial charge on any atom is 0.433 e. The average Bonchev–Trinajstić information content (AvgIpc) is 3.22. The van der Waals surface area contributed by atoms with Crippen LogP contribution in [0.1, 0.15) is 17.6 Å². The number of non-ortho nitro benzene ring substituents is 1. The molecule has 24 heavy (non-hydrogen) atoms. The van der Waals surface area contributed by atoms with Crippen molar-refractivity contribution in [2.75, 3.05) is 13.2 Å². The number of hydrogen-bond acceptors (Lipinski definition) is 8. The quantitative estimate of drug-likeness (QED) is 0.468. The largest absolute Gasteiger partial charge is 0.433 e. The lowest BCUT2D eigenvalue weighted by Crippen LogP contribution is -2.18. The third-order valence-corrected chi connectivity index (χ3v) is 3.38. The highest BCUT2D eigenvalue weighted by Crippen LogP contribution is 2.28. The topological polar surface area (TPSA) is 124 Å². The van der Waals surface area contributed by atoms with Gasteiger partial charge in [0.1, 0.15) is 4.92 Å². The van der Waals surface area contributed by atoms with Crippen LogP contribution in [0, 0.1) is 20.2 Å². The Balaban J connectivity index is 1.73. The minimum atomic E-state index is -0.629. The number of hydrazone groups is 1. The maximum atomic E-state index is 10.7. The van der Waals surface area contributed by atoms with E-state index in [2.05, 4.69) is 5.10 Å². The summed E-state index contributed by atoms with van der Waals surface area (Å²) in [6, 6.07) is 8.70. The molecule has 1 aliphatic rings. The molecule has 0 N–H and O–H groups in total. The summed E-state index contributed by atoms with van der Waals surface area (Å²) in [6.07, 6.45) is 0.882. The van der Waals surface area contributed by atoms with Crippen molar-refractivity contribution in [3.8, 4) is 0 Å². The predicted molar refractivity (Wildman–Crippen MR) is 81.5 cm³/mol. The van der Waals surface area contributed by atoms with Crippen LogP contribution >= 0.6 is 0 Å². The summed E-state index contributed by atoms with van der Waals surface area (Å²) in [4.78, 5) is 20.2. The van der Waals surface area contributed by atoms with Gasteiger partial charge < -0.3 is 9.15 Å². The Morgan fingerprint density at radius 1 is 1.12 bits per heavy atom. The van der Waals surface area contributed by atoms with Gasteiger partial charge >= 0.3 is 5.88 Å². The minimum absolute atomic E-state index is 0.00491. The highest BCUT2D eigenvalue weighted by molar-refractivity contribution is 5.76. The molecule has 1 fully saturated rings. The molecule has 2 heterocycles. The predicted octanol–water partition coefficient (Wildman–Crippen LogP) is 2.46. The minimum Gasteiger partial charge on any atom is -0.400 e. The molecule has 0 saturated carbocycles. The molecule has 10 heteroatoms. The number of benzene rings is 1. The van der Waals surface area contributed by atoms with Crippen LogP contribution in [0.15, 0.2) is 45.9 Å². The highest BCUT2D eigenvalue weighted by atomic mass is 16.6. The lowest BCUT2D eigenvalue weighted by Gasteiger charge is -2.19. The fourth-order valence-corrected chi connectivity index (χ4v) is 2.25. The molecule has 1 unspecified atom stereocenters. The summed E-state index contributed by atoms with van der Waals surface area (Å²) in [5.41, 5.74) is 0.718. The third kappa shape index (κ3) is 3.22. The molecule has 1 saturated heterocycles. The molecular weight excluding hydrogens is 320 g/mol. The van der Waals surface area contributed by atoms with Crippen LogP contribution in [-0.2, 0) is 4.74 Å². The number of furan rings is 1. The zero-order chi connectivity index (χ0) is 17.1. The lowest BCUT2D eigenvalue weighted by molar-refractivity contribution is -0.402. The maximum absolute atomic E-state index is 10.7. The number of hydrogen-bond donors (Lipinski definition) is 0. The normalized spacial score (nSPS) is 17.5. The van der Waals surface area contributed by atoms with Gasteiger partial charge in [-0.1, -0.05) is 0 Å². The van der Waals surface area contributed by atoms with E-state index in [0.29, 0.717) is 13.2 Å². The van der Waals surface area contributed by atoms with Crippen molar-refractivity contribution < 1.29 is 19.0 Å². The Labute approximate surface area is 135 Å². The summed E-state index contributed by atoms with van der Waals surface area (Å²) in [5, 5.41) is 27.1. The second-order valence-corrected chi connectivity index (χ2v) is 4.91. The smallest absolute Gasteiger partial charge is 0.400 e. The van der Waals surface area contributed by atoms with Gasteiger partial charge in [0.25, 0.3) is 5.69 Å². The van der Waals surface area contributed by atoms with Gasteiger partial charge in [-0.25, -0.2) is 0 Å².